The van der Waals surface area contributed by atoms with Gasteiger partial charge in [0, 0.05) is 16.6 Å². The molecule has 1 N–H and O–H groups in total. The molecule has 1 nitrogen and oxygen atoms in total. The fourth-order valence-corrected chi connectivity index (χ4v) is 3.20. The molecule has 146 valence electrons. The van der Waals surface area contributed by atoms with E-state index in [0.717, 1.165) is 23.2 Å². The Labute approximate surface area is 164 Å². The van der Waals surface area contributed by atoms with Crippen LogP contribution >= 0.6 is 0 Å². The summed E-state index contributed by atoms with van der Waals surface area (Å²) in [6.07, 6.45) is 4.86. The van der Waals surface area contributed by atoms with Crippen LogP contribution in [0.25, 0.3) is 10.9 Å². The number of benzene rings is 2. The highest BCUT2D eigenvalue weighted by Crippen LogP contribution is 2.26. The lowest BCUT2D eigenvalue weighted by Crippen LogP contribution is -1.95. The SMILES string of the molecule is CC(C)CCCC(C)c1cc2cc(F)ccc2[nH]1.CCc1ccc(C)cc1. The highest BCUT2D eigenvalue weighted by molar-refractivity contribution is 5.80. The Morgan fingerprint density at radius 3 is 2.26 bits per heavy atom. The number of nitrogens with one attached hydrogen (secondary N) is 1. The van der Waals surface area contributed by atoms with E-state index < -0.39 is 0 Å². The van der Waals surface area contributed by atoms with Gasteiger partial charge in [-0.1, -0.05) is 70.4 Å². The van der Waals surface area contributed by atoms with Crippen LogP contribution in [0.15, 0.2) is 48.5 Å². The minimum absolute atomic E-state index is 0.166. The summed E-state index contributed by atoms with van der Waals surface area (Å²) >= 11 is 0. The van der Waals surface area contributed by atoms with Crippen LogP contribution in [0.4, 0.5) is 4.39 Å². The Kier molecular flexibility index (Phi) is 8.09. The number of halogens is 1. The Morgan fingerprint density at radius 1 is 0.926 bits per heavy atom. The number of aryl methyl sites for hydroxylation is 2. The largest absolute Gasteiger partial charge is 0.358 e. The average molecular weight is 368 g/mol. The van der Waals surface area contributed by atoms with Crippen LogP contribution in [0.1, 0.15) is 69.7 Å². The minimum atomic E-state index is -0.166. The van der Waals surface area contributed by atoms with E-state index in [1.807, 2.05) is 6.07 Å². The molecule has 0 amide bonds. The third-order valence-electron chi connectivity index (χ3n) is 5.08. The molecular weight excluding hydrogens is 333 g/mol. The van der Waals surface area contributed by atoms with Crippen molar-refractivity contribution in [3.05, 3.63) is 71.2 Å². The molecule has 3 rings (SSSR count). The molecule has 0 bridgehead atoms. The Morgan fingerprint density at radius 2 is 1.63 bits per heavy atom. The predicted molar refractivity (Wildman–Crippen MR) is 116 cm³/mol. The number of aromatic nitrogens is 1. The van der Waals surface area contributed by atoms with Crippen LogP contribution in [0.5, 0.6) is 0 Å². The Hall–Kier alpha value is -2.09. The van der Waals surface area contributed by atoms with Crippen LogP contribution in [0.2, 0.25) is 0 Å². The molecule has 1 atom stereocenters. The van der Waals surface area contributed by atoms with Crippen molar-refractivity contribution >= 4 is 10.9 Å². The van der Waals surface area contributed by atoms with Crippen molar-refractivity contribution in [2.75, 3.05) is 0 Å². The van der Waals surface area contributed by atoms with E-state index in [9.17, 15) is 4.39 Å². The molecule has 1 unspecified atom stereocenters. The molecule has 3 aromatic rings. The second-order valence-electron chi connectivity index (χ2n) is 8.02. The van der Waals surface area contributed by atoms with Gasteiger partial charge in [0.25, 0.3) is 0 Å². The van der Waals surface area contributed by atoms with Crippen LogP contribution < -0.4 is 0 Å². The second kappa shape index (κ2) is 10.3. The van der Waals surface area contributed by atoms with E-state index >= 15 is 0 Å². The molecular formula is C25H34FN. The normalized spacial score (nSPS) is 12.1. The van der Waals surface area contributed by atoms with Gasteiger partial charge in [0.2, 0.25) is 0 Å². The summed E-state index contributed by atoms with van der Waals surface area (Å²) in [5.41, 5.74) is 5.01. The maximum Gasteiger partial charge on any atom is 0.123 e. The van der Waals surface area contributed by atoms with Gasteiger partial charge in [0.15, 0.2) is 0 Å². The highest BCUT2D eigenvalue weighted by atomic mass is 19.1. The molecule has 0 spiro atoms. The van der Waals surface area contributed by atoms with E-state index in [-0.39, 0.29) is 5.82 Å². The van der Waals surface area contributed by atoms with Crippen molar-refractivity contribution in [3.8, 4) is 0 Å². The van der Waals surface area contributed by atoms with E-state index in [4.69, 9.17) is 0 Å². The van der Waals surface area contributed by atoms with Gasteiger partial charge < -0.3 is 4.98 Å². The summed E-state index contributed by atoms with van der Waals surface area (Å²) in [7, 11) is 0. The fraction of sp³-hybridized carbons (Fsp3) is 0.440. The summed E-state index contributed by atoms with van der Waals surface area (Å²) in [5, 5.41) is 0.973. The average Bonchev–Trinajstić information content (AvgIpc) is 3.06. The van der Waals surface area contributed by atoms with Gasteiger partial charge in [-0.3, -0.25) is 0 Å². The van der Waals surface area contributed by atoms with E-state index in [2.05, 4.69) is 69.9 Å². The molecule has 0 aliphatic carbocycles. The first kappa shape index (κ1) is 21.2. The van der Waals surface area contributed by atoms with Gasteiger partial charge in [0.05, 0.1) is 0 Å². The van der Waals surface area contributed by atoms with Crippen molar-refractivity contribution < 1.29 is 4.39 Å². The van der Waals surface area contributed by atoms with Crippen LogP contribution in [-0.4, -0.2) is 4.98 Å². The molecule has 2 aromatic carbocycles. The summed E-state index contributed by atoms with van der Waals surface area (Å²) < 4.78 is 13.1. The zero-order valence-corrected chi connectivity index (χ0v) is 17.5. The molecule has 0 saturated heterocycles. The standard InChI is InChI=1S/C16H22FN.C9H12/c1-11(2)5-4-6-12(3)16-10-13-9-14(17)7-8-15(13)18-16;1-3-9-6-4-8(2)5-7-9/h7-12,18H,4-6H2,1-3H3;4-7H,3H2,1-2H3. The summed E-state index contributed by atoms with van der Waals surface area (Å²) in [5.74, 6) is 1.12. The zero-order valence-electron chi connectivity index (χ0n) is 17.5. The second-order valence-corrected chi connectivity index (χ2v) is 8.02. The quantitative estimate of drug-likeness (QED) is 0.457. The summed E-state index contributed by atoms with van der Waals surface area (Å²) in [6.45, 7) is 11.0. The van der Waals surface area contributed by atoms with Crippen LogP contribution in [0.3, 0.4) is 0 Å². The molecule has 0 fully saturated rings. The molecule has 2 heteroatoms. The van der Waals surface area contributed by atoms with Gasteiger partial charge in [-0.15, -0.1) is 0 Å². The lowest BCUT2D eigenvalue weighted by atomic mass is 9.97. The van der Waals surface area contributed by atoms with E-state index in [1.54, 1.807) is 6.07 Å². The van der Waals surface area contributed by atoms with Crippen molar-refractivity contribution in [1.29, 1.82) is 0 Å². The fourth-order valence-electron chi connectivity index (χ4n) is 3.20. The molecule has 0 saturated carbocycles. The zero-order chi connectivity index (χ0) is 19.8. The number of hydrogen-bond donors (Lipinski definition) is 1. The van der Waals surface area contributed by atoms with Crippen LogP contribution in [-0.2, 0) is 6.42 Å². The van der Waals surface area contributed by atoms with Gasteiger partial charge >= 0.3 is 0 Å². The van der Waals surface area contributed by atoms with Crippen molar-refractivity contribution in [1.82, 2.24) is 4.98 Å². The number of rotatable bonds is 6. The number of fused-ring (bicyclic) bond motifs is 1. The van der Waals surface area contributed by atoms with Crippen molar-refractivity contribution in [3.63, 3.8) is 0 Å². The number of hydrogen-bond acceptors (Lipinski definition) is 0. The van der Waals surface area contributed by atoms with Crippen molar-refractivity contribution in [2.45, 2.75) is 66.2 Å². The maximum absolute atomic E-state index is 13.1. The first-order chi connectivity index (χ1) is 12.9. The third kappa shape index (κ3) is 6.86. The van der Waals surface area contributed by atoms with Gasteiger partial charge in [-0.05, 0) is 61.4 Å². The molecule has 0 aliphatic rings. The van der Waals surface area contributed by atoms with Crippen molar-refractivity contribution in [2.24, 2.45) is 5.92 Å². The van der Waals surface area contributed by atoms with E-state index in [1.165, 1.54) is 42.1 Å². The van der Waals surface area contributed by atoms with Crippen LogP contribution in [0, 0.1) is 18.7 Å². The molecule has 27 heavy (non-hydrogen) atoms. The molecule has 1 aromatic heterocycles. The predicted octanol–water partition coefficient (Wildman–Crippen LogP) is 7.79. The first-order valence-electron chi connectivity index (χ1n) is 10.2. The van der Waals surface area contributed by atoms with Gasteiger partial charge in [-0.2, -0.15) is 0 Å². The smallest absolute Gasteiger partial charge is 0.123 e. The topological polar surface area (TPSA) is 15.8 Å². The summed E-state index contributed by atoms with van der Waals surface area (Å²) in [6, 6.07) is 15.7. The Bertz CT molecular complexity index is 814. The monoisotopic (exact) mass is 367 g/mol. The maximum atomic E-state index is 13.1. The number of H-pyrrole nitrogens is 1. The molecule has 0 aliphatic heterocycles. The molecule has 1 heterocycles. The number of aromatic amines is 1. The summed E-state index contributed by atoms with van der Waals surface area (Å²) in [4.78, 5) is 3.39. The lowest BCUT2D eigenvalue weighted by Gasteiger charge is -2.10. The minimum Gasteiger partial charge on any atom is -0.358 e. The van der Waals surface area contributed by atoms with Gasteiger partial charge in [-0.25, -0.2) is 4.39 Å². The third-order valence-corrected chi connectivity index (χ3v) is 5.08. The lowest BCUT2D eigenvalue weighted by molar-refractivity contribution is 0.510. The van der Waals surface area contributed by atoms with E-state index in [0.29, 0.717) is 5.92 Å². The van der Waals surface area contributed by atoms with Gasteiger partial charge in [0.1, 0.15) is 5.82 Å². The highest BCUT2D eigenvalue weighted by Gasteiger charge is 2.09. The Balaban J connectivity index is 0.000000244. The molecule has 0 radical (unpaired) electrons. The first-order valence-corrected chi connectivity index (χ1v) is 10.2.